The predicted octanol–water partition coefficient (Wildman–Crippen LogP) is 4.65. The molecule has 1 unspecified atom stereocenters. The van der Waals surface area contributed by atoms with Gasteiger partial charge in [0.15, 0.2) is 2.75 Å². The van der Waals surface area contributed by atoms with Crippen molar-refractivity contribution < 1.29 is 27.1 Å². The summed E-state index contributed by atoms with van der Waals surface area (Å²) in [5.74, 6) is -3.56. The Hall–Kier alpha value is -2.45. The van der Waals surface area contributed by atoms with Gasteiger partial charge in [0, 0.05) is 52.5 Å². The third-order valence-corrected chi connectivity index (χ3v) is 10.1. The summed E-state index contributed by atoms with van der Waals surface area (Å²) in [6.07, 6.45) is 2.38. The number of sulfonamides is 1. The normalized spacial score (nSPS) is 13.7. The van der Waals surface area contributed by atoms with E-state index in [-0.39, 0.29) is 5.56 Å². The number of fused-ring (bicyclic) bond motifs is 1. The van der Waals surface area contributed by atoms with Crippen LogP contribution in [0.3, 0.4) is 0 Å². The highest BCUT2D eigenvalue weighted by molar-refractivity contribution is 14.1. The van der Waals surface area contributed by atoms with Crippen LogP contribution in [0.1, 0.15) is 27.9 Å². The average Bonchev–Trinajstić information content (AvgIpc) is 3.22. The molecule has 4 rings (SSSR count). The molecular formula is C23H17ClF2IN3O4S. The van der Waals surface area contributed by atoms with Crippen LogP contribution < -0.4 is 5.14 Å². The largest absolute Gasteiger partial charge is 0.396 e. The Labute approximate surface area is 217 Å². The number of alkyl halides is 1. The van der Waals surface area contributed by atoms with Gasteiger partial charge in [-0.05, 0) is 29.8 Å². The van der Waals surface area contributed by atoms with E-state index in [1.165, 1.54) is 28.8 Å². The van der Waals surface area contributed by atoms with Gasteiger partial charge in [0.25, 0.3) is 0 Å². The predicted molar refractivity (Wildman–Crippen MR) is 137 cm³/mol. The number of halogens is 4. The highest BCUT2D eigenvalue weighted by Crippen LogP contribution is 2.42. The minimum Gasteiger partial charge on any atom is -0.396 e. The molecule has 0 bridgehead atoms. The lowest BCUT2D eigenvalue weighted by atomic mass is 9.97. The van der Waals surface area contributed by atoms with Crippen LogP contribution in [-0.4, -0.2) is 35.9 Å². The van der Waals surface area contributed by atoms with E-state index in [1.807, 2.05) is 0 Å². The van der Waals surface area contributed by atoms with Gasteiger partial charge in [0.1, 0.15) is 17.3 Å². The number of carbonyl (C=O) groups excluding carboxylic acids is 1. The molecule has 1 atom stereocenters. The Morgan fingerprint density at radius 2 is 1.86 bits per heavy atom. The van der Waals surface area contributed by atoms with Gasteiger partial charge in [-0.3, -0.25) is 4.79 Å². The maximum Gasteiger partial charge on any atom is 0.228 e. The van der Waals surface area contributed by atoms with Crippen molar-refractivity contribution in [3.8, 4) is 11.1 Å². The molecule has 182 valence electrons. The van der Waals surface area contributed by atoms with Gasteiger partial charge in [-0.1, -0.05) is 52.4 Å². The first-order chi connectivity index (χ1) is 16.5. The van der Waals surface area contributed by atoms with Crippen LogP contribution in [0, 0.1) is 11.6 Å². The van der Waals surface area contributed by atoms with E-state index in [0.29, 0.717) is 21.6 Å². The van der Waals surface area contributed by atoms with Crippen LogP contribution in [0.2, 0.25) is 5.02 Å². The van der Waals surface area contributed by atoms with Gasteiger partial charge in [0.05, 0.1) is 5.56 Å². The number of hydrogen-bond acceptors (Lipinski definition) is 5. The summed E-state index contributed by atoms with van der Waals surface area (Å²) in [6.45, 7) is -0.638. The highest BCUT2D eigenvalue weighted by atomic mass is 127. The average molecular weight is 632 g/mol. The number of hydrogen-bond donors (Lipinski definition) is 3. The van der Waals surface area contributed by atoms with Crippen molar-refractivity contribution in [2.45, 2.75) is 9.17 Å². The first-order valence-corrected chi connectivity index (χ1v) is 13.1. The molecule has 0 radical (unpaired) electrons. The van der Waals surface area contributed by atoms with Crippen LogP contribution in [0.25, 0.3) is 22.2 Å². The third kappa shape index (κ3) is 4.58. The molecule has 12 heteroatoms. The number of nitrogens with two attached hydrogens (primary N) is 1. The SMILES string of the molecule is NS(=O)(=O)C(I)(CCO)c1ccc(F)c(C(=O)c2c[nH]c3ncc(-c4ccc(Cl)cc4)cc23)c1F. The zero-order valence-electron chi connectivity index (χ0n) is 17.7. The van der Waals surface area contributed by atoms with E-state index in [1.54, 1.807) is 36.5 Å². The van der Waals surface area contributed by atoms with Gasteiger partial charge < -0.3 is 10.1 Å². The van der Waals surface area contributed by atoms with Crippen LogP contribution >= 0.6 is 34.2 Å². The smallest absolute Gasteiger partial charge is 0.228 e. The Balaban J connectivity index is 1.87. The number of pyridine rings is 1. The lowest BCUT2D eigenvalue weighted by Gasteiger charge is -2.26. The maximum atomic E-state index is 15.6. The lowest BCUT2D eigenvalue weighted by molar-refractivity contribution is 0.103. The number of H-pyrrole nitrogens is 1. The first-order valence-electron chi connectivity index (χ1n) is 10.1. The minimum absolute atomic E-state index is 0.0601. The Bertz CT molecular complexity index is 1560. The molecule has 7 nitrogen and oxygen atoms in total. The minimum atomic E-state index is -4.46. The van der Waals surface area contributed by atoms with Crippen LogP contribution in [0.4, 0.5) is 8.78 Å². The molecule has 2 heterocycles. The second kappa shape index (κ2) is 9.54. The van der Waals surface area contributed by atoms with Crippen molar-refractivity contribution >= 4 is 61.0 Å². The summed E-state index contributed by atoms with van der Waals surface area (Å²) in [7, 11) is -4.46. The van der Waals surface area contributed by atoms with Crippen LogP contribution in [-0.2, 0) is 12.8 Å². The second-order valence-corrected chi connectivity index (χ2v) is 12.5. The monoisotopic (exact) mass is 631 g/mol. The van der Waals surface area contributed by atoms with Crippen molar-refractivity contribution in [2.75, 3.05) is 6.61 Å². The number of primary sulfonamides is 1. The Kier molecular flexibility index (Phi) is 6.99. The van der Waals surface area contributed by atoms with Crippen molar-refractivity contribution in [2.24, 2.45) is 5.14 Å². The number of nitrogens with one attached hydrogen (secondary N) is 1. The van der Waals surface area contributed by atoms with Crippen molar-refractivity contribution in [3.05, 3.63) is 88.2 Å². The summed E-state index contributed by atoms with van der Waals surface area (Å²) in [5, 5.41) is 15.5. The molecule has 4 N–H and O–H groups in total. The van der Waals surface area contributed by atoms with Crippen molar-refractivity contribution in [1.82, 2.24) is 9.97 Å². The Morgan fingerprint density at radius 3 is 2.49 bits per heavy atom. The van der Waals surface area contributed by atoms with E-state index >= 15 is 4.39 Å². The standard InChI is InChI=1S/C23H17ClF2IN3O4S/c24-14-3-1-12(2-4-14)13-9-15-16(11-30-22(15)29-10-13)21(32)19-18(25)6-5-17(20(19)26)23(27,7-8-31)35(28,33)34/h1-6,9-11,31H,7-8H2,(H,29,30)(H2,28,33,34). The molecule has 0 saturated heterocycles. The molecule has 0 saturated carbocycles. The lowest BCUT2D eigenvalue weighted by Crippen LogP contribution is -2.37. The molecule has 4 aromatic rings. The number of aromatic amines is 1. The molecule has 0 spiro atoms. The first kappa shape index (κ1) is 25.6. The highest BCUT2D eigenvalue weighted by Gasteiger charge is 2.44. The molecule has 0 fully saturated rings. The summed E-state index contributed by atoms with van der Waals surface area (Å²) in [4.78, 5) is 20.5. The number of aliphatic hydroxyl groups is 1. The van der Waals surface area contributed by atoms with Crippen LogP contribution in [0.15, 0.2) is 54.9 Å². The molecule has 0 amide bonds. The number of ketones is 1. The van der Waals surface area contributed by atoms with E-state index in [0.717, 1.165) is 17.7 Å². The number of carbonyl (C=O) groups is 1. The van der Waals surface area contributed by atoms with Crippen LogP contribution in [0.5, 0.6) is 0 Å². The number of benzene rings is 2. The second-order valence-electron chi connectivity index (χ2n) is 7.69. The topological polar surface area (TPSA) is 126 Å². The van der Waals surface area contributed by atoms with Gasteiger partial charge in [-0.15, -0.1) is 0 Å². The van der Waals surface area contributed by atoms with E-state index in [9.17, 15) is 22.7 Å². The molecule has 0 aliphatic carbocycles. The summed E-state index contributed by atoms with van der Waals surface area (Å²) in [5.41, 5.74) is 0.184. The number of nitrogens with zero attached hydrogens (tertiary/aromatic N) is 1. The zero-order valence-corrected chi connectivity index (χ0v) is 21.5. The fourth-order valence-electron chi connectivity index (χ4n) is 3.75. The number of rotatable bonds is 7. The molecule has 2 aromatic heterocycles. The summed E-state index contributed by atoms with van der Waals surface area (Å²) < 4.78 is 52.8. The molecule has 35 heavy (non-hydrogen) atoms. The molecule has 2 aromatic carbocycles. The molecule has 0 aliphatic rings. The number of aromatic nitrogens is 2. The van der Waals surface area contributed by atoms with E-state index in [2.05, 4.69) is 9.97 Å². The number of aliphatic hydroxyl groups excluding tert-OH is 1. The fraction of sp³-hybridized carbons (Fsp3) is 0.130. The van der Waals surface area contributed by atoms with Crippen molar-refractivity contribution in [3.63, 3.8) is 0 Å². The van der Waals surface area contributed by atoms with E-state index < -0.39 is 54.3 Å². The Morgan fingerprint density at radius 1 is 1.17 bits per heavy atom. The summed E-state index contributed by atoms with van der Waals surface area (Å²) >= 11 is 7.33. The van der Waals surface area contributed by atoms with Gasteiger partial charge in [0.2, 0.25) is 15.8 Å². The maximum absolute atomic E-state index is 15.6. The zero-order chi connectivity index (χ0) is 25.5. The molecule has 0 aliphatic heterocycles. The summed E-state index contributed by atoms with van der Waals surface area (Å²) in [6, 6.07) is 10.3. The van der Waals surface area contributed by atoms with Crippen molar-refractivity contribution in [1.29, 1.82) is 0 Å². The van der Waals surface area contributed by atoms with Gasteiger partial charge >= 0.3 is 0 Å². The third-order valence-electron chi connectivity index (χ3n) is 5.56. The fourth-order valence-corrected chi connectivity index (χ4v) is 5.37. The quantitative estimate of drug-likeness (QED) is 0.156. The molecular weight excluding hydrogens is 615 g/mol. The van der Waals surface area contributed by atoms with E-state index in [4.69, 9.17) is 16.7 Å². The van der Waals surface area contributed by atoms with Gasteiger partial charge in [-0.2, -0.15) is 0 Å². The van der Waals surface area contributed by atoms with Gasteiger partial charge in [-0.25, -0.2) is 27.3 Å².